The molecule has 1 amide bonds. The van der Waals surface area contributed by atoms with Crippen molar-refractivity contribution in [2.75, 3.05) is 20.2 Å². The first-order valence-corrected chi connectivity index (χ1v) is 8.64. The normalized spacial score (nSPS) is 11.8. The van der Waals surface area contributed by atoms with E-state index in [1.54, 1.807) is 18.9 Å². The van der Waals surface area contributed by atoms with Crippen molar-refractivity contribution in [2.45, 2.75) is 45.7 Å². The third-order valence-electron chi connectivity index (χ3n) is 4.09. The molecule has 0 N–H and O–H groups in total. The molecule has 1 aromatic heterocycles. The van der Waals surface area contributed by atoms with Crippen LogP contribution in [-0.4, -0.2) is 36.2 Å². The molecule has 0 saturated carbocycles. The van der Waals surface area contributed by atoms with Gasteiger partial charge in [0.1, 0.15) is 5.75 Å². The van der Waals surface area contributed by atoms with Crippen LogP contribution in [0.2, 0.25) is 0 Å². The number of fused-ring (bicyclic) bond motifs is 1. The van der Waals surface area contributed by atoms with Crippen molar-refractivity contribution >= 4 is 16.9 Å². The maximum Gasteiger partial charge on any atom is 0.437 e. The van der Waals surface area contributed by atoms with Gasteiger partial charge in [-0.1, -0.05) is 25.4 Å². The molecule has 0 fully saturated rings. The third-order valence-corrected chi connectivity index (χ3v) is 4.09. The monoisotopic (exact) mass is 372 g/mol. The van der Waals surface area contributed by atoms with Crippen LogP contribution in [0.1, 0.15) is 44.4 Å². The van der Waals surface area contributed by atoms with E-state index in [-0.39, 0.29) is 16.9 Å². The minimum atomic E-state index is -4.56. The molecular weight excluding hydrogens is 349 g/mol. The summed E-state index contributed by atoms with van der Waals surface area (Å²) in [7, 11) is 1.73. The fraction of sp³-hybridized carbons (Fsp3) is 0.556. The number of hydrogen-bond donors (Lipinski definition) is 0. The molecule has 0 spiro atoms. The Labute approximate surface area is 150 Å². The standard InChI is InChI=1S/C18H23F3N2O3/c1-4-7-12-14(25-11-6-10-23(3)15(24)5-2)9-8-13-16(12)26-22-17(13)18(19,20)21/h8-9H,4-7,10-11H2,1-3H3. The Kier molecular flexibility index (Phi) is 6.50. The number of benzene rings is 1. The van der Waals surface area contributed by atoms with Gasteiger partial charge in [0.05, 0.1) is 12.0 Å². The zero-order valence-corrected chi connectivity index (χ0v) is 15.2. The van der Waals surface area contributed by atoms with E-state index in [9.17, 15) is 18.0 Å². The molecule has 144 valence electrons. The molecule has 0 atom stereocenters. The SMILES string of the molecule is CCCc1c(OCCCN(C)C(=O)CC)ccc2c(C(F)(F)F)noc12. The van der Waals surface area contributed by atoms with Crippen LogP contribution in [0.15, 0.2) is 16.7 Å². The Balaban J connectivity index is 2.15. The maximum atomic E-state index is 13.0. The lowest BCUT2D eigenvalue weighted by Crippen LogP contribution is -2.27. The first kappa shape index (κ1) is 20.1. The van der Waals surface area contributed by atoms with E-state index in [1.807, 2.05) is 6.92 Å². The smallest absolute Gasteiger partial charge is 0.437 e. The van der Waals surface area contributed by atoms with Crippen LogP contribution in [0, 0.1) is 0 Å². The lowest BCUT2D eigenvalue weighted by Gasteiger charge is -2.17. The average molecular weight is 372 g/mol. The van der Waals surface area contributed by atoms with Gasteiger partial charge in [0, 0.05) is 25.6 Å². The van der Waals surface area contributed by atoms with Crippen LogP contribution >= 0.6 is 0 Å². The van der Waals surface area contributed by atoms with E-state index in [2.05, 4.69) is 5.16 Å². The quantitative estimate of drug-likeness (QED) is 0.643. The minimum Gasteiger partial charge on any atom is -0.493 e. The summed E-state index contributed by atoms with van der Waals surface area (Å²) in [4.78, 5) is 13.1. The number of halogens is 3. The molecule has 1 aromatic carbocycles. The van der Waals surface area contributed by atoms with E-state index < -0.39 is 11.9 Å². The van der Waals surface area contributed by atoms with Crippen molar-refractivity contribution in [2.24, 2.45) is 0 Å². The zero-order valence-electron chi connectivity index (χ0n) is 15.2. The summed E-state index contributed by atoms with van der Waals surface area (Å²) < 4.78 is 49.7. The average Bonchev–Trinajstić information content (AvgIpc) is 3.04. The second-order valence-corrected chi connectivity index (χ2v) is 6.07. The molecule has 0 unspecified atom stereocenters. The largest absolute Gasteiger partial charge is 0.493 e. The molecule has 0 aliphatic rings. The van der Waals surface area contributed by atoms with E-state index in [0.29, 0.717) is 43.7 Å². The van der Waals surface area contributed by atoms with Crippen LogP contribution in [0.25, 0.3) is 11.0 Å². The van der Waals surface area contributed by atoms with E-state index in [1.165, 1.54) is 12.1 Å². The zero-order chi connectivity index (χ0) is 19.3. The number of aryl methyl sites for hydroxylation is 1. The first-order valence-electron chi connectivity index (χ1n) is 8.64. The van der Waals surface area contributed by atoms with Crippen molar-refractivity contribution in [3.05, 3.63) is 23.4 Å². The Morgan fingerprint density at radius 3 is 2.65 bits per heavy atom. The van der Waals surface area contributed by atoms with Gasteiger partial charge in [-0.3, -0.25) is 4.79 Å². The molecule has 0 bridgehead atoms. The van der Waals surface area contributed by atoms with Gasteiger partial charge in [-0.15, -0.1) is 0 Å². The third kappa shape index (κ3) is 4.47. The van der Waals surface area contributed by atoms with Gasteiger partial charge in [0.25, 0.3) is 0 Å². The summed E-state index contributed by atoms with van der Waals surface area (Å²) >= 11 is 0. The number of ether oxygens (including phenoxy) is 1. The van der Waals surface area contributed by atoms with Crippen LogP contribution in [0.5, 0.6) is 5.75 Å². The van der Waals surface area contributed by atoms with E-state index in [0.717, 1.165) is 6.42 Å². The van der Waals surface area contributed by atoms with Crippen molar-refractivity contribution in [3.8, 4) is 5.75 Å². The van der Waals surface area contributed by atoms with Crippen LogP contribution in [0.3, 0.4) is 0 Å². The van der Waals surface area contributed by atoms with Gasteiger partial charge in [0.15, 0.2) is 11.3 Å². The molecule has 0 radical (unpaired) electrons. The Morgan fingerprint density at radius 2 is 2.04 bits per heavy atom. The molecule has 1 heterocycles. The molecule has 0 aliphatic carbocycles. The molecule has 5 nitrogen and oxygen atoms in total. The Bertz CT molecular complexity index is 756. The number of amides is 1. The number of nitrogens with zero attached hydrogens (tertiary/aromatic N) is 2. The van der Waals surface area contributed by atoms with Crippen LogP contribution < -0.4 is 4.74 Å². The lowest BCUT2D eigenvalue weighted by atomic mass is 10.0. The molecule has 8 heteroatoms. The van der Waals surface area contributed by atoms with Gasteiger partial charge in [0.2, 0.25) is 5.91 Å². The molecule has 0 aliphatic heterocycles. The first-order chi connectivity index (χ1) is 12.3. The summed E-state index contributed by atoms with van der Waals surface area (Å²) in [6.45, 7) is 4.63. The highest BCUT2D eigenvalue weighted by molar-refractivity contribution is 5.85. The topological polar surface area (TPSA) is 55.6 Å². The highest BCUT2D eigenvalue weighted by atomic mass is 19.4. The fourth-order valence-electron chi connectivity index (χ4n) is 2.75. The maximum absolute atomic E-state index is 13.0. The van der Waals surface area contributed by atoms with Crippen LogP contribution in [0.4, 0.5) is 13.2 Å². The molecule has 26 heavy (non-hydrogen) atoms. The number of hydrogen-bond acceptors (Lipinski definition) is 4. The number of rotatable bonds is 8. The number of carbonyl (C=O) groups excluding carboxylic acids is 1. The summed E-state index contributed by atoms with van der Waals surface area (Å²) in [5, 5.41) is 3.15. The van der Waals surface area contributed by atoms with Crippen molar-refractivity contribution in [1.29, 1.82) is 0 Å². The number of aromatic nitrogens is 1. The molecular formula is C18H23F3N2O3. The van der Waals surface area contributed by atoms with Crippen molar-refractivity contribution in [1.82, 2.24) is 10.1 Å². The van der Waals surface area contributed by atoms with E-state index in [4.69, 9.17) is 9.26 Å². The van der Waals surface area contributed by atoms with Gasteiger partial charge >= 0.3 is 6.18 Å². The van der Waals surface area contributed by atoms with Gasteiger partial charge in [-0.2, -0.15) is 13.2 Å². The Hall–Kier alpha value is -2.25. The molecule has 2 aromatic rings. The predicted octanol–water partition coefficient (Wildman–Crippen LogP) is 4.44. The number of alkyl halides is 3. The summed E-state index contributed by atoms with van der Waals surface area (Å²) in [6.07, 6.45) is -2.25. The number of carbonyl (C=O) groups is 1. The summed E-state index contributed by atoms with van der Waals surface area (Å²) in [5.74, 6) is 0.549. The summed E-state index contributed by atoms with van der Waals surface area (Å²) in [5.41, 5.74) is -0.308. The van der Waals surface area contributed by atoms with Crippen molar-refractivity contribution < 1.29 is 27.2 Å². The fourth-order valence-corrected chi connectivity index (χ4v) is 2.75. The Morgan fingerprint density at radius 1 is 1.31 bits per heavy atom. The van der Waals surface area contributed by atoms with Gasteiger partial charge < -0.3 is 14.2 Å². The van der Waals surface area contributed by atoms with E-state index >= 15 is 0 Å². The van der Waals surface area contributed by atoms with Gasteiger partial charge in [-0.25, -0.2) is 0 Å². The molecule has 0 saturated heterocycles. The highest BCUT2D eigenvalue weighted by Crippen LogP contribution is 2.38. The highest BCUT2D eigenvalue weighted by Gasteiger charge is 2.37. The second kappa shape index (κ2) is 8.42. The molecule has 2 rings (SSSR count). The summed E-state index contributed by atoms with van der Waals surface area (Å²) in [6, 6.07) is 2.86. The van der Waals surface area contributed by atoms with Gasteiger partial charge in [-0.05, 0) is 25.0 Å². The predicted molar refractivity (Wildman–Crippen MR) is 91.0 cm³/mol. The minimum absolute atomic E-state index is 0.0541. The van der Waals surface area contributed by atoms with Crippen LogP contribution in [-0.2, 0) is 17.4 Å². The van der Waals surface area contributed by atoms with Crippen molar-refractivity contribution in [3.63, 3.8) is 0 Å². The second-order valence-electron chi connectivity index (χ2n) is 6.07. The lowest BCUT2D eigenvalue weighted by molar-refractivity contribution is -0.141.